The maximum atomic E-state index is 14.1. The highest BCUT2D eigenvalue weighted by molar-refractivity contribution is 5.95. The third-order valence-electron chi connectivity index (χ3n) is 10.3. The highest BCUT2D eigenvalue weighted by Crippen LogP contribution is 2.40. The molecule has 0 spiro atoms. The van der Waals surface area contributed by atoms with Crippen molar-refractivity contribution in [3.63, 3.8) is 0 Å². The molecule has 18 nitrogen and oxygen atoms in total. The molecule has 0 aliphatic carbocycles. The van der Waals surface area contributed by atoms with E-state index in [9.17, 15) is 43.5 Å². The Morgan fingerprint density at radius 3 is 2.09 bits per heavy atom. The van der Waals surface area contributed by atoms with E-state index >= 15 is 0 Å². The SMILES string of the molecule is CCCCCCCCCCN(CCC(=O)NCC(=O)N(C)C1C(=O)NCC(=O)NC(C(=O)NCC(C)=O)Cc2ccc(O)c(c2)-c2cc1ccc2OC(=O)OC(C)(C)C)C(=O)OC(C)(C)C. The molecule has 0 aromatic heterocycles. The van der Waals surface area contributed by atoms with E-state index in [1.54, 1.807) is 41.5 Å². The third kappa shape index (κ3) is 18.7. The van der Waals surface area contributed by atoms with Crippen molar-refractivity contribution in [3.8, 4) is 22.6 Å². The highest BCUT2D eigenvalue weighted by atomic mass is 16.7. The first-order valence-electron chi connectivity index (χ1n) is 22.7. The zero-order valence-corrected chi connectivity index (χ0v) is 40.1. The van der Waals surface area contributed by atoms with E-state index in [-0.39, 0.29) is 59.9 Å². The van der Waals surface area contributed by atoms with Gasteiger partial charge in [0, 0.05) is 44.1 Å². The molecule has 2 aromatic carbocycles. The number of ketones is 1. The molecule has 0 fully saturated rings. The van der Waals surface area contributed by atoms with Gasteiger partial charge >= 0.3 is 12.2 Å². The van der Waals surface area contributed by atoms with Crippen LogP contribution in [0.25, 0.3) is 11.1 Å². The van der Waals surface area contributed by atoms with Crippen LogP contribution in [0.5, 0.6) is 11.5 Å². The number of aromatic hydroxyl groups is 1. The van der Waals surface area contributed by atoms with Crippen LogP contribution in [0, 0.1) is 0 Å². The smallest absolute Gasteiger partial charge is 0.507 e. The van der Waals surface area contributed by atoms with Crippen molar-refractivity contribution in [3.05, 3.63) is 47.5 Å². The van der Waals surface area contributed by atoms with Gasteiger partial charge in [0.15, 0.2) is 0 Å². The number of fused-ring (bicyclic) bond motifs is 5. The number of rotatable bonds is 19. The molecule has 6 amide bonds. The number of ether oxygens (including phenoxy) is 3. The van der Waals surface area contributed by atoms with Gasteiger partial charge in [-0.05, 0) is 90.3 Å². The lowest BCUT2D eigenvalue weighted by Crippen LogP contribution is -2.52. The lowest BCUT2D eigenvalue weighted by atomic mass is 9.94. The summed E-state index contributed by atoms with van der Waals surface area (Å²) < 4.78 is 16.6. The van der Waals surface area contributed by atoms with Crippen LogP contribution in [0.15, 0.2) is 36.4 Å². The van der Waals surface area contributed by atoms with Crippen LogP contribution in [0.3, 0.4) is 0 Å². The Kier molecular flexibility index (Phi) is 20.9. The molecule has 1 aliphatic rings. The standard InChI is InChI=1S/C48H70N6O12/c1-10-11-12-13-14-15-16-17-23-54(45(62)65-47(3,4)5)24-22-39(57)49-30-41(59)53(9)42-33-19-21-38(64-46(63)66-48(6,7)8)35(27-33)34-25-32(18-20-37(34)56)26-36(43(60)50-28-31(2)55)52-40(58)29-51-44(42)61/h18-21,25,27,36,42,56H,10-17,22-24,26,28-30H2,1-9H3,(H,49,57)(H,50,60)(H,51,61)(H,52,58). The number of likely N-dealkylation sites (N-methyl/N-ethyl adjacent to an activating group) is 1. The van der Waals surface area contributed by atoms with Crippen molar-refractivity contribution < 1.29 is 57.7 Å². The number of phenolic OH excluding ortho intramolecular Hbond substituents is 1. The molecule has 2 unspecified atom stereocenters. The average molecular weight is 923 g/mol. The molecule has 0 radical (unpaired) electrons. The van der Waals surface area contributed by atoms with Gasteiger partial charge < -0.3 is 50.4 Å². The molecular weight excluding hydrogens is 853 g/mol. The number of hydrogen-bond donors (Lipinski definition) is 5. The summed E-state index contributed by atoms with van der Waals surface area (Å²) in [7, 11) is 1.33. The highest BCUT2D eigenvalue weighted by Gasteiger charge is 2.32. The van der Waals surface area contributed by atoms with Crippen LogP contribution in [-0.4, -0.2) is 119 Å². The Balaban J connectivity index is 1.92. The van der Waals surface area contributed by atoms with E-state index in [0.717, 1.165) is 30.6 Å². The van der Waals surface area contributed by atoms with Gasteiger partial charge in [-0.2, -0.15) is 0 Å². The summed E-state index contributed by atoms with van der Waals surface area (Å²) >= 11 is 0. The minimum atomic E-state index is -1.46. The normalized spacial score (nSPS) is 15.2. The van der Waals surface area contributed by atoms with Gasteiger partial charge in [0.25, 0.3) is 0 Å². The van der Waals surface area contributed by atoms with Crippen molar-refractivity contribution in [2.24, 2.45) is 0 Å². The molecule has 2 atom stereocenters. The number of hydrogen-bond acceptors (Lipinski definition) is 12. The van der Waals surface area contributed by atoms with E-state index in [0.29, 0.717) is 12.1 Å². The minimum Gasteiger partial charge on any atom is -0.507 e. The lowest BCUT2D eigenvalue weighted by Gasteiger charge is -2.29. The van der Waals surface area contributed by atoms with Gasteiger partial charge in [-0.25, -0.2) is 9.59 Å². The van der Waals surface area contributed by atoms with Gasteiger partial charge in [0.05, 0.1) is 19.6 Å². The predicted octanol–water partition coefficient (Wildman–Crippen LogP) is 5.62. The second kappa shape index (κ2) is 25.5. The van der Waals surface area contributed by atoms with Gasteiger partial charge in [-0.15, -0.1) is 0 Å². The molecule has 1 aliphatic heterocycles. The Morgan fingerprint density at radius 2 is 1.45 bits per heavy atom. The van der Waals surface area contributed by atoms with E-state index in [2.05, 4.69) is 28.2 Å². The summed E-state index contributed by atoms with van der Waals surface area (Å²) in [6.45, 7) is 12.7. The van der Waals surface area contributed by atoms with Crippen LogP contribution < -0.4 is 26.0 Å². The molecule has 0 saturated heterocycles. The fourth-order valence-electron chi connectivity index (χ4n) is 6.97. The Labute approximate surface area is 388 Å². The summed E-state index contributed by atoms with van der Waals surface area (Å²) in [4.78, 5) is 108. The van der Waals surface area contributed by atoms with Gasteiger partial charge in [0.1, 0.15) is 40.6 Å². The van der Waals surface area contributed by atoms with Gasteiger partial charge in [-0.1, -0.05) is 64.0 Å². The number of phenols is 1. The average Bonchev–Trinajstić information content (AvgIpc) is 3.22. The fraction of sp³-hybridized carbons (Fsp3) is 0.583. The number of amides is 6. The topological polar surface area (TPSA) is 239 Å². The summed E-state index contributed by atoms with van der Waals surface area (Å²) in [6, 6.07) is 5.91. The zero-order valence-electron chi connectivity index (χ0n) is 40.1. The van der Waals surface area contributed by atoms with E-state index < -0.39 is 78.2 Å². The maximum absolute atomic E-state index is 14.1. The number of carbonyl (C=O) groups is 8. The zero-order chi connectivity index (χ0) is 49.2. The molecule has 5 N–H and O–H groups in total. The molecular formula is C48H70N6O12. The molecule has 364 valence electrons. The predicted molar refractivity (Wildman–Crippen MR) is 246 cm³/mol. The first-order valence-corrected chi connectivity index (χ1v) is 22.7. The summed E-state index contributed by atoms with van der Waals surface area (Å²) in [5.41, 5.74) is -0.863. The number of carbonyl (C=O) groups excluding carboxylic acids is 8. The Hall–Kier alpha value is -6.20. The van der Waals surface area contributed by atoms with Crippen molar-refractivity contribution >= 4 is 47.6 Å². The van der Waals surface area contributed by atoms with Crippen molar-refractivity contribution in [1.29, 1.82) is 0 Å². The van der Waals surface area contributed by atoms with Crippen molar-refractivity contribution in [2.45, 2.75) is 143 Å². The quantitative estimate of drug-likeness (QED) is 0.0656. The first kappa shape index (κ1) is 54.1. The molecule has 1 heterocycles. The number of nitrogens with zero attached hydrogens (tertiary/aromatic N) is 2. The second-order valence-corrected chi connectivity index (χ2v) is 18.5. The third-order valence-corrected chi connectivity index (χ3v) is 10.3. The summed E-state index contributed by atoms with van der Waals surface area (Å²) in [5.74, 6) is -4.21. The van der Waals surface area contributed by atoms with E-state index in [1.165, 1.54) is 81.0 Å². The largest absolute Gasteiger partial charge is 0.514 e. The molecule has 0 saturated carbocycles. The van der Waals surface area contributed by atoms with Crippen molar-refractivity contribution in [1.82, 2.24) is 31.1 Å². The second-order valence-electron chi connectivity index (χ2n) is 18.5. The summed E-state index contributed by atoms with van der Waals surface area (Å²) in [5, 5.41) is 21.4. The summed E-state index contributed by atoms with van der Waals surface area (Å²) in [6.07, 6.45) is 6.73. The van der Waals surface area contributed by atoms with Crippen LogP contribution >= 0.6 is 0 Å². The number of benzene rings is 2. The van der Waals surface area contributed by atoms with Crippen LogP contribution in [0.1, 0.15) is 130 Å². The van der Waals surface area contributed by atoms with Gasteiger partial charge in [-0.3, -0.25) is 28.8 Å². The number of unbranched alkanes of at least 4 members (excludes halogenated alkanes) is 7. The van der Waals surface area contributed by atoms with Crippen LogP contribution in [-0.2, 0) is 44.7 Å². The lowest BCUT2D eigenvalue weighted by molar-refractivity contribution is -0.140. The van der Waals surface area contributed by atoms with Crippen molar-refractivity contribution in [2.75, 3.05) is 39.8 Å². The Bertz CT molecular complexity index is 2040. The molecule has 18 heteroatoms. The maximum Gasteiger partial charge on any atom is 0.514 e. The molecule has 2 aromatic rings. The fourth-order valence-corrected chi connectivity index (χ4v) is 6.97. The molecule has 66 heavy (non-hydrogen) atoms. The number of nitrogens with one attached hydrogen (secondary N) is 4. The first-order chi connectivity index (χ1) is 31.0. The molecule has 4 bridgehead atoms. The number of Topliss-reactive ketones (excluding diaryl/α,β-unsaturated/α-hetero) is 1. The monoisotopic (exact) mass is 923 g/mol. The van der Waals surface area contributed by atoms with E-state index in [1.807, 2.05) is 0 Å². The van der Waals surface area contributed by atoms with Gasteiger partial charge in [0.2, 0.25) is 29.5 Å². The van der Waals surface area contributed by atoms with Crippen LogP contribution in [0.2, 0.25) is 0 Å². The van der Waals surface area contributed by atoms with E-state index in [4.69, 9.17) is 14.2 Å². The minimum absolute atomic E-state index is 0.0438. The Morgan fingerprint density at radius 1 is 0.803 bits per heavy atom. The molecule has 3 rings (SSSR count). The van der Waals surface area contributed by atoms with Crippen LogP contribution in [0.4, 0.5) is 9.59 Å².